The van der Waals surface area contributed by atoms with E-state index in [1.54, 1.807) is 10.7 Å². The zero-order valence-corrected chi connectivity index (χ0v) is 12.3. The Kier molecular flexibility index (Phi) is 3.67. The summed E-state index contributed by atoms with van der Waals surface area (Å²) in [5.74, 6) is 0.196. The van der Waals surface area contributed by atoms with E-state index in [1.165, 1.54) is 0 Å². The number of nitrogens with one attached hydrogen (secondary N) is 1. The number of carbonyl (C=O) groups excluding carboxylic acids is 1. The van der Waals surface area contributed by atoms with E-state index in [4.69, 9.17) is 0 Å². The smallest absolute Gasteiger partial charge is 0.220 e. The Balaban J connectivity index is 1.57. The van der Waals surface area contributed by atoms with Gasteiger partial charge in [-0.25, -0.2) is 12.9 Å². The van der Waals surface area contributed by atoms with Crippen molar-refractivity contribution in [2.75, 3.05) is 11.5 Å². The Morgan fingerprint density at radius 3 is 3.05 bits per heavy atom. The second-order valence-electron chi connectivity index (χ2n) is 5.45. The molecule has 2 aromatic rings. The van der Waals surface area contributed by atoms with Crippen molar-refractivity contribution in [2.45, 2.75) is 19.4 Å². The first kappa shape index (κ1) is 14.1. The number of sulfone groups is 1. The third-order valence-corrected chi connectivity index (χ3v) is 5.62. The molecule has 0 saturated carbocycles. The van der Waals surface area contributed by atoms with Crippen molar-refractivity contribution in [3.8, 4) is 0 Å². The van der Waals surface area contributed by atoms with Crippen LogP contribution in [0.15, 0.2) is 30.6 Å². The summed E-state index contributed by atoms with van der Waals surface area (Å²) in [5.41, 5.74) is 1.91. The molecule has 0 unspecified atom stereocenters. The summed E-state index contributed by atoms with van der Waals surface area (Å²) in [7, 11) is -2.92. The van der Waals surface area contributed by atoms with Gasteiger partial charge in [-0.3, -0.25) is 4.79 Å². The molecule has 0 aliphatic carbocycles. The van der Waals surface area contributed by atoms with E-state index in [-0.39, 0.29) is 29.8 Å². The number of pyridine rings is 1. The molecule has 1 atom stereocenters. The van der Waals surface area contributed by atoms with Crippen molar-refractivity contribution in [3.63, 3.8) is 0 Å². The minimum absolute atomic E-state index is 0.0427. The van der Waals surface area contributed by atoms with E-state index in [9.17, 15) is 13.2 Å². The van der Waals surface area contributed by atoms with Crippen molar-refractivity contribution in [3.05, 3.63) is 36.2 Å². The van der Waals surface area contributed by atoms with Gasteiger partial charge >= 0.3 is 0 Å². The van der Waals surface area contributed by atoms with E-state index < -0.39 is 9.84 Å². The molecule has 0 aromatic carbocycles. The van der Waals surface area contributed by atoms with Crippen molar-refractivity contribution in [1.29, 1.82) is 0 Å². The molecule has 1 fully saturated rings. The van der Waals surface area contributed by atoms with Gasteiger partial charge in [-0.05, 0) is 24.5 Å². The highest BCUT2D eigenvalue weighted by Gasteiger charge is 2.29. The van der Waals surface area contributed by atoms with E-state index in [0.29, 0.717) is 13.0 Å². The monoisotopic (exact) mass is 307 g/mol. The normalized spacial score (nSPS) is 20.7. The minimum atomic E-state index is -2.92. The predicted octanol–water partition coefficient (Wildman–Crippen LogP) is 0.775. The predicted molar refractivity (Wildman–Crippen MR) is 78.4 cm³/mol. The highest BCUT2D eigenvalue weighted by atomic mass is 32.2. The van der Waals surface area contributed by atoms with Crippen LogP contribution in [0.25, 0.3) is 5.52 Å². The first-order valence-electron chi connectivity index (χ1n) is 6.92. The first-order valence-corrected chi connectivity index (χ1v) is 8.74. The number of rotatable bonds is 4. The molecule has 2 aromatic heterocycles. The van der Waals surface area contributed by atoms with Gasteiger partial charge in [0.25, 0.3) is 0 Å². The first-order chi connectivity index (χ1) is 10.0. The number of hydrogen-bond donors (Lipinski definition) is 1. The molecule has 21 heavy (non-hydrogen) atoms. The summed E-state index contributed by atoms with van der Waals surface area (Å²) < 4.78 is 24.5. The van der Waals surface area contributed by atoms with Gasteiger partial charge in [0.2, 0.25) is 5.91 Å². The summed E-state index contributed by atoms with van der Waals surface area (Å²) in [6, 6.07) is 5.76. The quantitative estimate of drug-likeness (QED) is 0.905. The van der Waals surface area contributed by atoms with E-state index in [2.05, 4.69) is 10.4 Å². The molecule has 6 nitrogen and oxygen atoms in total. The van der Waals surface area contributed by atoms with Crippen molar-refractivity contribution in [2.24, 2.45) is 5.92 Å². The third kappa shape index (κ3) is 3.24. The van der Waals surface area contributed by atoms with Crippen LogP contribution >= 0.6 is 0 Å². The van der Waals surface area contributed by atoms with E-state index >= 15 is 0 Å². The van der Waals surface area contributed by atoms with Gasteiger partial charge in [0, 0.05) is 24.7 Å². The van der Waals surface area contributed by atoms with Gasteiger partial charge in [-0.1, -0.05) is 6.07 Å². The summed E-state index contributed by atoms with van der Waals surface area (Å²) >= 11 is 0. The van der Waals surface area contributed by atoms with Crippen LogP contribution in [0.1, 0.15) is 18.4 Å². The fourth-order valence-electron chi connectivity index (χ4n) is 2.68. The Hall–Kier alpha value is -1.89. The average molecular weight is 307 g/mol. The molecular formula is C14H17N3O3S. The fraction of sp³-hybridized carbons (Fsp3) is 0.429. The summed E-state index contributed by atoms with van der Waals surface area (Å²) in [5, 5.41) is 7.05. The number of fused-ring (bicyclic) bond motifs is 1. The molecule has 1 N–H and O–H groups in total. The van der Waals surface area contributed by atoms with Crippen LogP contribution in [-0.4, -0.2) is 35.4 Å². The molecule has 0 spiro atoms. The van der Waals surface area contributed by atoms with Crippen LogP contribution in [-0.2, 0) is 21.2 Å². The minimum Gasteiger partial charge on any atom is -0.352 e. The van der Waals surface area contributed by atoms with E-state index in [1.807, 2.05) is 24.4 Å². The van der Waals surface area contributed by atoms with Crippen molar-refractivity contribution in [1.82, 2.24) is 14.9 Å². The summed E-state index contributed by atoms with van der Waals surface area (Å²) in [6.07, 6.45) is 4.45. The van der Waals surface area contributed by atoms with Gasteiger partial charge in [-0.15, -0.1) is 0 Å². The molecule has 3 rings (SSSR count). The van der Waals surface area contributed by atoms with E-state index in [0.717, 1.165) is 11.1 Å². The van der Waals surface area contributed by atoms with Crippen LogP contribution in [0, 0.1) is 5.92 Å². The molecule has 7 heteroatoms. The zero-order valence-electron chi connectivity index (χ0n) is 11.5. The molecule has 0 radical (unpaired) electrons. The van der Waals surface area contributed by atoms with Crippen LogP contribution in [0.3, 0.4) is 0 Å². The lowest BCUT2D eigenvalue weighted by Gasteiger charge is -2.08. The van der Waals surface area contributed by atoms with Crippen LogP contribution in [0.4, 0.5) is 0 Å². The fourth-order valence-corrected chi connectivity index (χ4v) is 4.55. The van der Waals surface area contributed by atoms with Gasteiger partial charge in [0.15, 0.2) is 9.84 Å². The van der Waals surface area contributed by atoms with Crippen molar-refractivity contribution >= 4 is 21.3 Å². The lowest BCUT2D eigenvalue weighted by atomic mass is 10.1. The maximum absolute atomic E-state index is 11.9. The Labute approximate surface area is 123 Å². The van der Waals surface area contributed by atoms with Gasteiger partial charge in [0.1, 0.15) is 0 Å². The van der Waals surface area contributed by atoms with Crippen molar-refractivity contribution < 1.29 is 13.2 Å². The lowest BCUT2D eigenvalue weighted by molar-refractivity contribution is -0.122. The van der Waals surface area contributed by atoms with Gasteiger partial charge < -0.3 is 5.32 Å². The Morgan fingerprint density at radius 1 is 1.43 bits per heavy atom. The molecule has 1 amide bonds. The standard InChI is InChI=1S/C14H17N3O3S/c18-14(7-11-4-6-21(19,20)10-11)15-8-12-9-16-17-5-2-1-3-13(12)17/h1-3,5,9,11H,4,6-8,10H2,(H,15,18)/t11-/m0/s1. The van der Waals surface area contributed by atoms with Crippen LogP contribution in [0.5, 0.6) is 0 Å². The maximum Gasteiger partial charge on any atom is 0.220 e. The maximum atomic E-state index is 11.9. The van der Waals surface area contributed by atoms with Crippen LogP contribution in [0.2, 0.25) is 0 Å². The molecule has 1 aliphatic heterocycles. The Morgan fingerprint density at radius 2 is 2.29 bits per heavy atom. The summed E-state index contributed by atoms with van der Waals surface area (Å²) in [6.45, 7) is 0.409. The SMILES string of the molecule is O=C(C[C@@H]1CCS(=O)(=O)C1)NCc1cnn2ccccc12. The zero-order chi connectivity index (χ0) is 14.9. The highest BCUT2D eigenvalue weighted by Crippen LogP contribution is 2.21. The topological polar surface area (TPSA) is 80.5 Å². The molecular weight excluding hydrogens is 290 g/mol. The molecule has 0 bridgehead atoms. The number of nitrogens with zero attached hydrogens (tertiary/aromatic N) is 2. The Bertz CT molecular complexity index is 767. The third-order valence-electron chi connectivity index (χ3n) is 3.78. The molecule has 3 heterocycles. The summed E-state index contributed by atoms with van der Waals surface area (Å²) in [4.78, 5) is 11.9. The van der Waals surface area contributed by atoms with Gasteiger partial charge in [0.05, 0.1) is 23.2 Å². The number of hydrogen-bond acceptors (Lipinski definition) is 4. The number of aromatic nitrogens is 2. The molecule has 1 aliphatic rings. The average Bonchev–Trinajstić information content (AvgIpc) is 3.00. The number of carbonyl (C=O) groups is 1. The highest BCUT2D eigenvalue weighted by molar-refractivity contribution is 7.91. The molecule has 112 valence electrons. The number of amides is 1. The second kappa shape index (κ2) is 5.48. The molecule has 1 saturated heterocycles. The lowest BCUT2D eigenvalue weighted by Crippen LogP contribution is -2.25. The van der Waals surface area contributed by atoms with Gasteiger partial charge in [-0.2, -0.15) is 5.10 Å². The largest absolute Gasteiger partial charge is 0.352 e. The second-order valence-corrected chi connectivity index (χ2v) is 7.68. The van der Waals surface area contributed by atoms with Crippen LogP contribution < -0.4 is 5.32 Å².